The summed E-state index contributed by atoms with van der Waals surface area (Å²) in [5, 5.41) is 10.4. The van der Waals surface area contributed by atoms with Crippen LogP contribution in [-0.2, 0) is 28.6 Å². The smallest absolute Gasteiger partial charge is 0.426 e. The Hall–Kier alpha value is -6.03. The first-order chi connectivity index (χ1) is 29.2. The zero-order valence-electron chi connectivity index (χ0n) is 33.4. The number of hydrazine groups is 1. The van der Waals surface area contributed by atoms with E-state index in [0.29, 0.717) is 55.4 Å². The van der Waals surface area contributed by atoms with Crippen LogP contribution >= 0.6 is 0 Å². The molecular weight excluding hydrogens is 771 g/mol. The van der Waals surface area contributed by atoms with Gasteiger partial charge in [0.05, 0.1) is 31.0 Å². The SMILES string of the molecule is O=C(N[C@H]1CCCC/C=C\[C@@H]2C[C@@]2(C(=O)NNC(=O)O[C@H]2CCOC2)NC(=O)[C@@H]2C[C@@H](n3ncc(-c4ccccc4)c(-c4ccccc4)c3=O)CN2C1=O)OC1CCCC1. The minimum Gasteiger partial charge on any atom is -0.446 e. The Balaban J connectivity index is 1.10. The number of nitrogens with one attached hydrogen (secondary N) is 4. The fourth-order valence-corrected chi connectivity index (χ4v) is 8.88. The first-order valence-electron chi connectivity index (χ1n) is 21.0. The van der Waals surface area contributed by atoms with Crippen LogP contribution in [0.15, 0.2) is 83.8 Å². The standard InChI is InChI=1S/C44H51N7O9/c52-38-36-23-31(51-40(54)37(29-15-7-4-8-16-29)34(25-45-51)28-13-5-3-6-14-28)26-50(36)39(53)35(46-42(56)59-32-18-11-12-19-32)20-10-2-1-9-17-30-24-44(30,47-38)41(55)48-49-43(57)60-33-21-22-58-27-33/h3-9,13-17,25,30-33,35-36H,1-2,10-12,18-24,26-27H2,(H,46,56)(H,47,52)(H,48,55)(H,49,57)/b17-9-/t30-,31-,33+,35+,36+,44-/m1/s1. The van der Waals surface area contributed by atoms with Gasteiger partial charge >= 0.3 is 12.2 Å². The lowest BCUT2D eigenvalue weighted by Crippen LogP contribution is -2.59. The lowest BCUT2D eigenvalue weighted by Gasteiger charge is -2.30. The fourth-order valence-electron chi connectivity index (χ4n) is 8.88. The number of allylic oxidation sites excluding steroid dienone is 1. The summed E-state index contributed by atoms with van der Waals surface area (Å²) in [5.74, 6) is -2.17. The molecule has 316 valence electrons. The number of carbonyl (C=O) groups is 5. The number of rotatable bonds is 7. The van der Waals surface area contributed by atoms with E-state index in [-0.39, 0.29) is 32.1 Å². The second kappa shape index (κ2) is 18.1. The molecule has 3 aromatic rings. The molecule has 3 aliphatic heterocycles. The van der Waals surface area contributed by atoms with E-state index in [0.717, 1.165) is 31.2 Å². The van der Waals surface area contributed by atoms with Gasteiger partial charge in [-0.05, 0) is 62.5 Å². The maximum Gasteiger partial charge on any atom is 0.426 e. The molecule has 0 spiro atoms. The molecule has 0 unspecified atom stereocenters. The average Bonchev–Trinajstić information content (AvgIpc) is 3.75. The van der Waals surface area contributed by atoms with Gasteiger partial charge < -0.3 is 29.7 Å². The number of aromatic nitrogens is 2. The molecule has 2 saturated heterocycles. The molecular formula is C44H51N7O9. The van der Waals surface area contributed by atoms with Crippen LogP contribution in [0.25, 0.3) is 22.3 Å². The molecule has 0 bridgehead atoms. The first kappa shape index (κ1) is 40.7. The molecule has 16 heteroatoms. The molecule has 2 saturated carbocycles. The van der Waals surface area contributed by atoms with E-state index in [1.807, 2.05) is 72.8 Å². The molecule has 6 atom stereocenters. The fraction of sp³-hybridized carbons (Fsp3) is 0.477. The number of hydrogen-bond acceptors (Lipinski definition) is 10. The van der Waals surface area contributed by atoms with Gasteiger partial charge in [-0.15, -0.1) is 0 Å². The monoisotopic (exact) mass is 821 g/mol. The minimum absolute atomic E-state index is 0.00509. The van der Waals surface area contributed by atoms with Crippen molar-refractivity contribution < 1.29 is 38.2 Å². The Kier molecular flexibility index (Phi) is 12.3. The summed E-state index contributed by atoms with van der Waals surface area (Å²) < 4.78 is 17.6. The number of alkyl carbamates (subject to hydrolysis) is 1. The molecule has 4 fully saturated rings. The number of carbonyl (C=O) groups excluding carboxylic acids is 5. The topological polar surface area (TPSA) is 199 Å². The second-order valence-corrected chi connectivity index (χ2v) is 16.3. The maximum atomic E-state index is 14.7. The molecule has 16 nitrogen and oxygen atoms in total. The summed E-state index contributed by atoms with van der Waals surface area (Å²) in [4.78, 5) is 85.0. The summed E-state index contributed by atoms with van der Waals surface area (Å²) in [6, 6.07) is 15.8. The molecule has 2 aliphatic carbocycles. The van der Waals surface area contributed by atoms with Crippen molar-refractivity contribution in [1.82, 2.24) is 36.2 Å². The van der Waals surface area contributed by atoms with Gasteiger partial charge in [0.2, 0.25) is 11.8 Å². The number of hydrogen-bond donors (Lipinski definition) is 4. The van der Waals surface area contributed by atoms with Crippen molar-refractivity contribution >= 4 is 29.9 Å². The van der Waals surface area contributed by atoms with Crippen molar-refractivity contribution in [2.24, 2.45) is 5.92 Å². The zero-order valence-corrected chi connectivity index (χ0v) is 33.4. The van der Waals surface area contributed by atoms with E-state index >= 15 is 0 Å². The van der Waals surface area contributed by atoms with Crippen molar-refractivity contribution in [3.8, 4) is 22.3 Å². The molecule has 8 rings (SSSR count). The summed E-state index contributed by atoms with van der Waals surface area (Å²) in [6.45, 7) is 0.657. The Morgan fingerprint density at radius 1 is 0.833 bits per heavy atom. The lowest BCUT2D eigenvalue weighted by molar-refractivity contribution is -0.141. The third-order valence-electron chi connectivity index (χ3n) is 12.2. The van der Waals surface area contributed by atoms with Gasteiger partial charge in [-0.1, -0.05) is 79.2 Å². The van der Waals surface area contributed by atoms with Crippen LogP contribution in [0.4, 0.5) is 9.59 Å². The zero-order chi connectivity index (χ0) is 41.6. The minimum atomic E-state index is -1.44. The van der Waals surface area contributed by atoms with Crippen molar-refractivity contribution in [2.75, 3.05) is 19.8 Å². The predicted octanol–water partition coefficient (Wildman–Crippen LogP) is 4.31. The van der Waals surface area contributed by atoms with Crippen molar-refractivity contribution in [2.45, 2.75) is 107 Å². The summed E-state index contributed by atoms with van der Waals surface area (Å²) >= 11 is 0. The number of benzene rings is 2. The van der Waals surface area contributed by atoms with Crippen LogP contribution in [-0.4, -0.2) is 94.2 Å². The Labute approximate surface area is 347 Å². The van der Waals surface area contributed by atoms with Gasteiger partial charge in [-0.2, -0.15) is 5.10 Å². The average molecular weight is 822 g/mol. The first-order valence-corrected chi connectivity index (χ1v) is 21.0. The molecule has 1 aromatic heterocycles. The highest BCUT2D eigenvalue weighted by Crippen LogP contribution is 2.46. The van der Waals surface area contributed by atoms with Crippen molar-refractivity contribution in [3.05, 3.63) is 89.4 Å². The third kappa shape index (κ3) is 8.93. The van der Waals surface area contributed by atoms with Crippen LogP contribution < -0.4 is 27.0 Å². The van der Waals surface area contributed by atoms with Gasteiger partial charge in [0, 0.05) is 30.9 Å². The van der Waals surface area contributed by atoms with E-state index in [1.165, 1.54) is 9.58 Å². The third-order valence-corrected chi connectivity index (χ3v) is 12.2. The molecule has 0 radical (unpaired) electrons. The van der Waals surface area contributed by atoms with Gasteiger partial charge in [-0.25, -0.2) is 19.7 Å². The van der Waals surface area contributed by atoms with Crippen molar-refractivity contribution in [1.29, 1.82) is 0 Å². The summed E-state index contributed by atoms with van der Waals surface area (Å²) in [6.07, 6.45) is 9.67. The Bertz CT molecular complexity index is 2150. The number of ether oxygens (including phenoxy) is 3. The van der Waals surface area contributed by atoms with Crippen LogP contribution in [0.2, 0.25) is 0 Å². The largest absolute Gasteiger partial charge is 0.446 e. The molecule has 5 aliphatic rings. The van der Waals surface area contributed by atoms with Crippen LogP contribution in [0.5, 0.6) is 0 Å². The molecule has 5 amide bonds. The molecule has 60 heavy (non-hydrogen) atoms. The number of fused-ring (bicyclic) bond motifs is 2. The Morgan fingerprint density at radius 3 is 2.28 bits per heavy atom. The molecule has 2 aromatic carbocycles. The van der Waals surface area contributed by atoms with Gasteiger partial charge in [-0.3, -0.25) is 24.6 Å². The van der Waals surface area contributed by atoms with E-state index in [9.17, 15) is 28.8 Å². The summed E-state index contributed by atoms with van der Waals surface area (Å²) in [7, 11) is 0. The van der Waals surface area contributed by atoms with Crippen LogP contribution in [0.3, 0.4) is 0 Å². The second-order valence-electron chi connectivity index (χ2n) is 16.3. The maximum absolute atomic E-state index is 14.7. The lowest BCUT2D eigenvalue weighted by atomic mass is 9.97. The van der Waals surface area contributed by atoms with Crippen molar-refractivity contribution in [3.63, 3.8) is 0 Å². The molecule has 4 heterocycles. The Morgan fingerprint density at radius 2 is 1.55 bits per heavy atom. The van der Waals surface area contributed by atoms with E-state index in [1.54, 1.807) is 6.20 Å². The van der Waals surface area contributed by atoms with Gasteiger partial charge in [0.1, 0.15) is 29.8 Å². The number of amides is 5. The van der Waals surface area contributed by atoms with Crippen LogP contribution in [0.1, 0.15) is 76.7 Å². The van der Waals surface area contributed by atoms with E-state index in [2.05, 4.69) is 26.6 Å². The van der Waals surface area contributed by atoms with Gasteiger partial charge in [0.25, 0.3) is 11.5 Å². The van der Waals surface area contributed by atoms with Crippen LogP contribution in [0, 0.1) is 5.92 Å². The summed E-state index contributed by atoms with van der Waals surface area (Å²) in [5.41, 5.74) is 5.42. The normalized spacial score (nSPS) is 27.4. The highest BCUT2D eigenvalue weighted by molar-refractivity contribution is 5.98. The highest BCUT2D eigenvalue weighted by Gasteiger charge is 2.61. The molecule has 4 N–H and O–H groups in total. The van der Waals surface area contributed by atoms with Gasteiger partial charge in [0.15, 0.2) is 0 Å². The van der Waals surface area contributed by atoms with E-state index in [4.69, 9.17) is 14.2 Å². The van der Waals surface area contributed by atoms with E-state index < -0.39 is 71.2 Å². The number of nitrogens with zero attached hydrogens (tertiary/aromatic N) is 3. The highest BCUT2D eigenvalue weighted by atomic mass is 16.6. The quantitative estimate of drug-likeness (QED) is 0.197. The predicted molar refractivity (Wildman–Crippen MR) is 218 cm³/mol.